The summed E-state index contributed by atoms with van der Waals surface area (Å²) in [6.07, 6.45) is 3.19. The SMILES string of the molecule is Cc1c(CN(C)C(=O)Cn2cc(NC(=O)c3ccccc3)cn2)[nH]c2ccccc12. The van der Waals surface area contributed by atoms with Crippen molar-refractivity contribution in [1.82, 2.24) is 19.7 Å². The maximum absolute atomic E-state index is 12.7. The molecule has 2 aromatic heterocycles. The lowest BCUT2D eigenvalue weighted by atomic mass is 10.1. The van der Waals surface area contributed by atoms with Crippen LogP contribution in [0.4, 0.5) is 5.69 Å². The first-order chi connectivity index (χ1) is 14.5. The van der Waals surface area contributed by atoms with Gasteiger partial charge in [0.05, 0.1) is 18.4 Å². The topological polar surface area (TPSA) is 83.0 Å². The summed E-state index contributed by atoms with van der Waals surface area (Å²) in [4.78, 5) is 30.0. The molecule has 0 fully saturated rings. The molecule has 0 radical (unpaired) electrons. The number of carbonyl (C=O) groups is 2. The molecule has 2 N–H and O–H groups in total. The van der Waals surface area contributed by atoms with E-state index in [1.807, 2.05) is 36.4 Å². The lowest BCUT2D eigenvalue weighted by molar-refractivity contribution is -0.131. The molecule has 2 amide bonds. The van der Waals surface area contributed by atoms with Crippen molar-refractivity contribution in [2.24, 2.45) is 0 Å². The number of anilines is 1. The van der Waals surface area contributed by atoms with Gasteiger partial charge in [-0.25, -0.2) is 0 Å². The van der Waals surface area contributed by atoms with Gasteiger partial charge in [-0.1, -0.05) is 36.4 Å². The Labute approximate surface area is 174 Å². The van der Waals surface area contributed by atoms with Crippen molar-refractivity contribution in [2.45, 2.75) is 20.0 Å². The van der Waals surface area contributed by atoms with Gasteiger partial charge in [0, 0.05) is 35.4 Å². The summed E-state index contributed by atoms with van der Waals surface area (Å²) in [6, 6.07) is 17.0. The molecular formula is C23H23N5O2. The summed E-state index contributed by atoms with van der Waals surface area (Å²) in [5.74, 6) is -0.287. The molecule has 0 spiro atoms. The molecule has 0 unspecified atom stereocenters. The number of hydrogen-bond donors (Lipinski definition) is 2. The first-order valence-electron chi connectivity index (χ1n) is 9.70. The number of hydrogen-bond acceptors (Lipinski definition) is 3. The Balaban J connectivity index is 1.37. The highest BCUT2D eigenvalue weighted by atomic mass is 16.2. The normalized spacial score (nSPS) is 10.9. The number of para-hydroxylation sites is 1. The summed E-state index contributed by atoms with van der Waals surface area (Å²) in [5, 5.41) is 8.15. The molecule has 0 atom stereocenters. The minimum absolute atomic E-state index is 0.0721. The smallest absolute Gasteiger partial charge is 0.255 e. The number of H-pyrrole nitrogens is 1. The molecule has 0 bridgehead atoms. The molecular weight excluding hydrogens is 378 g/mol. The van der Waals surface area contributed by atoms with Gasteiger partial charge in [0.1, 0.15) is 6.54 Å². The highest BCUT2D eigenvalue weighted by molar-refractivity contribution is 6.04. The first kappa shape index (κ1) is 19.4. The second kappa shape index (κ2) is 8.24. The Morgan fingerprint density at radius 3 is 2.60 bits per heavy atom. The van der Waals surface area contributed by atoms with E-state index in [9.17, 15) is 9.59 Å². The van der Waals surface area contributed by atoms with Crippen LogP contribution >= 0.6 is 0 Å². The van der Waals surface area contributed by atoms with Gasteiger partial charge < -0.3 is 15.2 Å². The van der Waals surface area contributed by atoms with E-state index in [1.54, 1.807) is 30.3 Å². The van der Waals surface area contributed by atoms with Crippen molar-refractivity contribution in [2.75, 3.05) is 12.4 Å². The predicted octanol–water partition coefficient (Wildman–Crippen LogP) is 3.58. The number of amides is 2. The van der Waals surface area contributed by atoms with E-state index in [2.05, 4.69) is 28.4 Å². The molecule has 4 rings (SSSR count). The van der Waals surface area contributed by atoms with Crippen LogP contribution < -0.4 is 5.32 Å². The summed E-state index contributed by atoms with van der Waals surface area (Å²) >= 11 is 0. The van der Waals surface area contributed by atoms with Gasteiger partial charge >= 0.3 is 0 Å². The number of nitrogens with zero attached hydrogens (tertiary/aromatic N) is 3. The third-order valence-electron chi connectivity index (χ3n) is 5.11. The standard InChI is InChI=1S/C23H23N5O2/c1-16-19-10-6-7-11-20(19)26-21(16)14-27(2)22(29)15-28-13-18(12-24-28)25-23(30)17-8-4-3-5-9-17/h3-13,26H,14-15H2,1-2H3,(H,25,30). The van der Waals surface area contributed by atoms with Crippen molar-refractivity contribution >= 4 is 28.4 Å². The van der Waals surface area contributed by atoms with Gasteiger partial charge in [0.25, 0.3) is 5.91 Å². The minimum atomic E-state index is -0.215. The second-order valence-electron chi connectivity index (χ2n) is 7.27. The lowest BCUT2D eigenvalue weighted by Crippen LogP contribution is -2.30. The molecule has 152 valence electrons. The van der Waals surface area contributed by atoms with Crippen LogP contribution in [0.1, 0.15) is 21.6 Å². The zero-order chi connectivity index (χ0) is 21.1. The molecule has 0 aliphatic heterocycles. The number of rotatable bonds is 6. The number of likely N-dealkylation sites (N-methyl/N-ethyl adjacent to an activating group) is 1. The van der Waals surface area contributed by atoms with Crippen molar-refractivity contribution in [3.05, 3.63) is 83.8 Å². The Bertz CT molecular complexity index is 1190. The van der Waals surface area contributed by atoms with Crippen LogP contribution in [0, 0.1) is 6.92 Å². The Hall–Kier alpha value is -3.87. The Kier molecular flexibility index (Phi) is 5.34. The van der Waals surface area contributed by atoms with Crippen LogP contribution in [-0.4, -0.2) is 38.5 Å². The third-order valence-corrected chi connectivity index (χ3v) is 5.11. The fraction of sp³-hybridized carbons (Fsp3) is 0.174. The number of aromatic nitrogens is 3. The van der Waals surface area contributed by atoms with Crippen molar-refractivity contribution < 1.29 is 9.59 Å². The molecule has 30 heavy (non-hydrogen) atoms. The number of nitrogens with one attached hydrogen (secondary N) is 2. The van der Waals surface area contributed by atoms with E-state index in [0.29, 0.717) is 17.8 Å². The molecule has 0 saturated carbocycles. The number of fused-ring (bicyclic) bond motifs is 1. The summed E-state index contributed by atoms with van der Waals surface area (Å²) < 4.78 is 1.53. The van der Waals surface area contributed by atoms with E-state index in [0.717, 1.165) is 16.8 Å². The van der Waals surface area contributed by atoms with E-state index < -0.39 is 0 Å². The maximum Gasteiger partial charge on any atom is 0.255 e. The van der Waals surface area contributed by atoms with Crippen molar-refractivity contribution in [3.63, 3.8) is 0 Å². The molecule has 2 aromatic carbocycles. The number of aryl methyl sites for hydroxylation is 1. The van der Waals surface area contributed by atoms with Gasteiger partial charge in [0.2, 0.25) is 5.91 Å². The van der Waals surface area contributed by atoms with Crippen molar-refractivity contribution in [3.8, 4) is 0 Å². The van der Waals surface area contributed by atoms with E-state index in [1.165, 1.54) is 16.3 Å². The zero-order valence-corrected chi connectivity index (χ0v) is 16.9. The molecule has 0 aliphatic carbocycles. The van der Waals surface area contributed by atoms with Crippen molar-refractivity contribution in [1.29, 1.82) is 0 Å². The molecule has 7 heteroatoms. The average molecular weight is 401 g/mol. The Morgan fingerprint density at radius 1 is 1.10 bits per heavy atom. The van der Waals surface area contributed by atoms with E-state index in [4.69, 9.17) is 0 Å². The lowest BCUT2D eigenvalue weighted by Gasteiger charge is -2.17. The van der Waals surface area contributed by atoms with Crippen LogP contribution in [0.5, 0.6) is 0 Å². The summed E-state index contributed by atoms with van der Waals surface area (Å²) in [7, 11) is 1.77. The largest absolute Gasteiger partial charge is 0.357 e. The van der Waals surface area contributed by atoms with Crippen LogP contribution in [-0.2, 0) is 17.9 Å². The molecule has 2 heterocycles. The molecule has 0 saturated heterocycles. The minimum Gasteiger partial charge on any atom is -0.357 e. The molecule has 4 aromatic rings. The van der Waals surface area contributed by atoms with Gasteiger partial charge in [-0.05, 0) is 30.7 Å². The maximum atomic E-state index is 12.7. The van der Waals surface area contributed by atoms with Crippen LogP contribution in [0.2, 0.25) is 0 Å². The van der Waals surface area contributed by atoms with Gasteiger partial charge in [-0.15, -0.1) is 0 Å². The second-order valence-corrected chi connectivity index (χ2v) is 7.27. The summed E-state index contributed by atoms with van der Waals surface area (Å²) in [5.41, 5.74) is 4.34. The van der Waals surface area contributed by atoms with E-state index >= 15 is 0 Å². The highest BCUT2D eigenvalue weighted by Gasteiger charge is 2.15. The highest BCUT2D eigenvalue weighted by Crippen LogP contribution is 2.22. The third kappa shape index (κ3) is 4.10. The Morgan fingerprint density at radius 2 is 1.83 bits per heavy atom. The predicted molar refractivity (Wildman–Crippen MR) is 116 cm³/mol. The molecule has 7 nitrogen and oxygen atoms in total. The summed E-state index contributed by atoms with van der Waals surface area (Å²) in [6.45, 7) is 2.64. The number of benzene rings is 2. The van der Waals surface area contributed by atoms with Crippen LogP contribution in [0.25, 0.3) is 10.9 Å². The van der Waals surface area contributed by atoms with Gasteiger partial charge in [-0.3, -0.25) is 14.3 Å². The van der Waals surface area contributed by atoms with Gasteiger partial charge in [-0.2, -0.15) is 5.10 Å². The first-order valence-corrected chi connectivity index (χ1v) is 9.70. The monoisotopic (exact) mass is 401 g/mol. The fourth-order valence-corrected chi connectivity index (χ4v) is 3.39. The molecule has 0 aliphatic rings. The number of carbonyl (C=O) groups excluding carboxylic acids is 2. The van der Waals surface area contributed by atoms with Crippen LogP contribution in [0.3, 0.4) is 0 Å². The number of aromatic amines is 1. The fourth-order valence-electron chi connectivity index (χ4n) is 3.39. The van der Waals surface area contributed by atoms with E-state index in [-0.39, 0.29) is 18.4 Å². The van der Waals surface area contributed by atoms with Crippen LogP contribution in [0.15, 0.2) is 67.0 Å². The average Bonchev–Trinajstić information content (AvgIpc) is 3.32. The quantitative estimate of drug-likeness (QED) is 0.518. The zero-order valence-electron chi connectivity index (χ0n) is 16.9. The van der Waals surface area contributed by atoms with Gasteiger partial charge in [0.15, 0.2) is 0 Å².